The lowest BCUT2D eigenvalue weighted by Gasteiger charge is -2.28. The Labute approximate surface area is 175 Å². The third kappa shape index (κ3) is 3.81. The van der Waals surface area contributed by atoms with Crippen LogP contribution in [0.2, 0.25) is 0 Å². The summed E-state index contributed by atoms with van der Waals surface area (Å²) in [4.78, 5) is 28.5. The number of carbonyl (C=O) groups excluding carboxylic acids is 2. The van der Waals surface area contributed by atoms with E-state index in [1.807, 2.05) is 30.3 Å². The number of hydrogen-bond donors (Lipinski definition) is 3. The summed E-state index contributed by atoms with van der Waals surface area (Å²) in [5.74, 6) is 0.216. The van der Waals surface area contributed by atoms with Crippen molar-refractivity contribution in [3.8, 4) is 5.75 Å². The highest BCUT2D eigenvalue weighted by atomic mass is 16.5. The summed E-state index contributed by atoms with van der Waals surface area (Å²) in [6.45, 7) is 0. The fourth-order valence-corrected chi connectivity index (χ4v) is 4.17. The van der Waals surface area contributed by atoms with E-state index in [0.29, 0.717) is 22.8 Å². The number of amides is 2. The molecule has 154 valence electrons. The standard InChI is InChI=1S/C24H25N3O3/c1-30-21-16-18(11-12-19(21)27-22(28)20-10-7-15-25-20)26-23(29)24(13-5-6-14-24)17-8-3-2-4-9-17/h2-4,7-12,15-16,25H,5-6,13-14H2,1H3,(H,26,29)(H,27,28). The number of rotatable bonds is 6. The van der Waals surface area contributed by atoms with Gasteiger partial charge >= 0.3 is 0 Å². The minimum Gasteiger partial charge on any atom is -0.494 e. The molecule has 3 N–H and O–H groups in total. The van der Waals surface area contributed by atoms with Gasteiger partial charge in [-0.2, -0.15) is 0 Å². The number of hydrogen-bond acceptors (Lipinski definition) is 3. The summed E-state index contributed by atoms with van der Waals surface area (Å²) < 4.78 is 5.44. The van der Waals surface area contributed by atoms with Crippen LogP contribution in [-0.2, 0) is 10.2 Å². The van der Waals surface area contributed by atoms with Crippen molar-refractivity contribution in [1.82, 2.24) is 4.98 Å². The number of aromatic nitrogens is 1. The highest BCUT2D eigenvalue weighted by Gasteiger charge is 2.42. The van der Waals surface area contributed by atoms with E-state index < -0.39 is 5.41 Å². The van der Waals surface area contributed by atoms with Crippen LogP contribution >= 0.6 is 0 Å². The maximum atomic E-state index is 13.3. The van der Waals surface area contributed by atoms with Gasteiger partial charge in [0.25, 0.3) is 5.91 Å². The summed E-state index contributed by atoms with van der Waals surface area (Å²) in [5.41, 5.74) is 2.18. The van der Waals surface area contributed by atoms with Gasteiger partial charge in [-0.25, -0.2) is 0 Å². The molecule has 2 amide bonds. The Hall–Kier alpha value is -3.54. The summed E-state index contributed by atoms with van der Waals surface area (Å²) in [6, 6.07) is 18.7. The van der Waals surface area contributed by atoms with Crippen molar-refractivity contribution in [1.29, 1.82) is 0 Å². The van der Waals surface area contributed by atoms with Crippen LogP contribution in [0.5, 0.6) is 5.75 Å². The SMILES string of the molecule is COc1cc(NC(=O)C2(c3ccccc3)CCCC2)ccc1NC(=O)c1ccc[nH]1. The first-order chi connectivity index (χ1) is 14.6. The summed E-state index contributed by atoms with van der Waals surface area (Å²) >= 11 is 0. The molecule has 2 aromatic carbocycles. The van der Waals surface area contributed by atoms with Gasteiger partial charge in [0, 0.05) is 18.0 Å². The number of nitrogens with one attached hydrogen (secondary N) is 3. The molecule has 0 aliphatic heterocycles. The van der Waals surface area contributed by atoms with Gasteiger partial charge in [-0.05, 0) is 42.7 Å². The van der Waals surface area contributed by atoms with Gasteiger partial charge in [-0.15, -0.1) is 0 Å². The van der Waals surface area contributed by atoms with Crippen molar-refractivity contribution in [2.45, 2.75) is 31.1 Å². The fraction of sp³-hybridized carbons (Fsp3) is 0.250. The average molecular weight is 403 g/mol. The first-order valence-electron chi connectivity index (χ1n) is 10.1. The molecule has 1 saturated carbocycles. The molecule has 30 heavy (non-hydrogen) atoms. The molecule has 6 heteroatoms. The molecule has 1 fully saturated rings. The van der Waals surface area contributed by atoms with Gasteiger partial charge < -0.3 is 20.4 Å². The molecule has 0 radical (unpaired) electrons. The molecule has 1 heterocycles. The Balaban J connectivity index is 1.54. The molecule has 1 aliphatic rings. The van der Waals surface area contributed by atoms with Gasteiger partial charge in [0.15, 0.2) is 0 Å². The van der Waals surface area contributed by atoms with E-state index in [1.54, 1.807) is 36.5 Å². The van der Waals surface area contributed by atoms with E-state index >= 15 is 0 Å². The Kier molecular flexibility index (Phi) is 5.57. The van der Waals surface area contributed by atoms with Crippen LogP contribution in [0.1, 0.15) is 41.7 Å². The lowest BCUT2D eigenvalue weighted by atomic mass is 9.78. The Bertz CT molecular complexity index is 1020. The zero-order chi connectivity index (χ0) is 21.0. The number of benzene rings is 2. The van der Waals surface area contributed by atoms with Crippen molar-refractivity contribution >= 4 is 23.2 Å². The summed E-state index contributed by atoms with van der Waals surface area (Å²) in [7, 11) is 1.54. The first-order valence-corrected chi connectivity index (χ1v) is 10.1. The Morgan fingerprint density at radius 1 is 0.967 bits per heavy atom. The molecule has 0 atom stereocenters. The fourth-order valence-electron chi connectivity index (χ4n) is 4.17. The van der Waals surface area contributed by atoms with Crippen LogP contribution in [0.15, 0.2) is 66.9 Å². The van der Waals surface area contributed by atoms with E-state index in [4.69, 9.17) is 4.74 Å². The normalized spacial score (nSPS) is 14.8. The third-order valence-electron chi connectivity index (χ3n) is 5.77. The van der Waals surface area contributed by atoms with Crippen molar-refractivity contribution in [3.63, 3.8) is 0 Å². The predicted octanol–water partition coefficient (Wildman–Crippen LogP) is 4.73. The van der Waals surface area contributed by atoms with E-state index in [9.17, 15) is 9.59 Å². The largest absolute Gasteiger partial charge is 0.494 e. The molecule has 0 spiro atoms. The third-order valence-corrected chi connectivity index (χ3v) is 5.77. The number of methoxy groups -OCH3 is 1. The number of aromatic amines is 1. The Morgan fingerprint density at radius 2 is 1.73 bits per heavy atom. The monoisotopic (exact) mass is 403 g/mol. The van der Waals surface area contributed by atoms with Gasteiger partial charge in [0.1, 0.15) is 11.4 Å². The zero-order valence-electron chi connectivity index (χ0n) is 16.9. The average Bonchev–Trinajstić information content (AvgIpc) is 3.48. The number of ether oxygens (including phenoxy) is 1. The van der Waals surface area contributed by atoms with Crippen LogP contribution < -0.4 is 15.4 Å². The van der Waals surface area contributed by atoms with Crippen LogP contribution in [0.25, 0.3) is 0 Å². The minimum atomic E-state index is -0.505. The molecule has 0 bridgehead atoms. The summed E-state index contributed by atoms with van der Waals surface area (Å²) in [6.07, 6.45) is 5.44. The highest BCUT2D eigenvalue weighted by molar-refractivity contribution is 6.04. The molecule has 0 unspecified atom stereocenters. The zero-order valence-corrected chi connectivity index (χ0v) is 16.9. The maximum Gasteiger partial charge on any atom is 0.272 e. The molecule has 1 aromatic heterocycles. The quantitative estimate of drug-likeness (QED) is 0.557. The van der Waals surface area contributed by atoms with Crippen molar-refractivity contribution < 1.29 is 14.3 Å². The predicted molar refractivity (Wildman–Crippen MR) is 117 cm³/mol. The highest BCUT2D eigenvalue weighted by Crippen LogP contribution is 2.42. The number of anilines is 2. The minimum absolute atomic E-state index is 0.00331. The summed E-state index contributed by atoms with van der Waals surface area (Å²) in [5, 5.41) is 5.89. The van der Waals surface area contributed by atoms with Crippen molar-refractivity contribution in [2.24, 2.45) is 0 Å². The van der Waals surface area contributed by atoms with Gasteiger partial charge in [0.2, 0.25) is 5.91 Å². The molecule has 3 aromatic rings. The topological polar surface area (TPSA) is 83.2 Å². The van der Waals surface area contributed by atoms with E-state index in [2.05, 4.69) is 15.6 Å². The number of H-pyrrole nitrogens is 1. The molecule has 1 aliphatic carbocycles. The molecule has 0 saturated heterocycles. The van der Waals surface area contributed by atoms with Gasteiger partial charge in [0.05, 0.1) is 18.2 Å². The van der Waals surface area contributed by atoms with Crippen LogP contribution in [-0.4, -0.2) is 23.9 Å². The van der Waals surface area contributed by atoms with Gasteiger partial charge in [-0.1, -0.05) is 43.2 Å². The Morgan fingerprint density at radius 3 is 2.40 bits per heavy atom. The molecule has 6 nitrogen and oxygen atoms in total. The molecule has 4 rings (SSSR count). The second kappa shape index (κ2) is 8.45. The van der Waals surface area contributed by atoms with Gasteiger partial charge in [-0.3, -0.25) is 9.59 Å². The second-order valence-corrected chi connectivity index (χ2v) is 7.56. The van der Waals surface area contributed by atoms with Crippen LogP contribution in [0.3, 0.4) is 0 Å². The van der Waals surface area contributed by atoms with Crippen LogP contribution in [0.4, 0.5) is 11.4 Å². The lowest BCUT2D eigenvalue weighted by molar-refractivity contribution is -0.121. The van der Waals surface area contributed by atoms with Crippen LogP contribution in [0, 0.1) is 0 Å². The molecular weight excluding hydrogens is 378 g/mol. The van der Waals surface area contributed by atoms with E-state index in [0.717, 1.165) is 31.2 Å². The first kappa shape index (κ1) is 19.8. The smallest absolute Gasteiger partial charge is 0.272 e. The molecular formula is C24H25N3O3. The number of carbonyl (C=O) groups is 2. The van der Waals surface area contributed by atoms with Crippen molar-refractivity contribution in [3.05, 3.63) is 78.1 Å². The lowest BCUT2D eigenvalue weighted by Crippen LogP contribution is -2.37. The second-order valence-electron chi connectivity index (χ2n) is 7.56. The van der Waals surface area contributed by atoms with E-state index in [-0.39, 0.29) is 11.8 Å². The van der Waals surface area contributed by atoms with Crippen molar-refractivity contribution in [2.75, 3.05) is 17.7 Å². The van der Waals surface area contributed by atoms with E-state index in [1.165, 1.54) is 7.11 Å². The maximum absolute atomic E-state index is 13.3.